The van der Waals surface area contributed by atoms with E-state index in [0.29, 0.717) is 5.75 Å². The molecule has 2 rings (SSSR count). The summed E-state index contributed by atoms with van der Waals surface area (Å²) >= 11 is 5.85. The van der Waals surface area contributed by atoms with Gasteiger partial charge in [-0.2, -0.15) is 0 Å². The number of methoxy groups -OCH3 is 1. The average Bonchev–Trinajstić information content (AvgIpc) is 2.59. The molecule has 2 nitrogen and oxygen atoms in total. The summed E-state index contributed by atoms with van der Waals surface area (Å²) < 4.78 is 17.2. The molecule has 0 aliphatic rings. The van der Waals surface area contributed by atoms with Gasteiger partial charge in [-0.3, -0.25) is 4.21 Å². The molecule has 0 spiro atoms. The Hall–Kier alpha value is -0.880. The molecular weight excluding hydrogens is 368 g/mol. The molecule has 0 aliphatic heterocycles. The van der Waals surface area contributed by atoms with E-state index >= 15 is 0 Å². The van der Waals surface area contributed by atoms with E-state index in [9.17, 15) is 4.21 Å². The molecule has 0 fully saturated rings. The second-order valence-electron chi connectivity index (χ2n) is 4.54. The van der Waals surface area contributed by atoms with Crippen molar-refractivity contribution in [3.8, 4) is 5.75 Å². The Morgan fingerprint density at radius 1 is 1.13 bits per heavy atom. The van der Waals surface area contributed by atoms with E-state index in [0.717, 1.165) is 21.4 Å². The summed E-state index contributed by atoms with van der Waals surface area (Å²) in [6, 6.07) is 15.2. The first kappa shape index (κ1) is 18.5. The number of ether oxygens (including phenoxy) is 1. The third-order valence-corrected chi connectivity index (χ3v) is 6.46. The smallest absolute Gasteiger partial charge is 0.118 e. The first-order valence-corrected chi connectivity index (χ1v) is 11.0. The van der Waals surface area contributed by atoms with Gasteiger partial charge in [0.2, 0.25) is 0 Å². The van der Waals surface area contributed by atoms with E-state index in [1.165, 1.54) is 5.56 Å². The van der Waals surface area contributed by atoms with Gasteiger partial charge in [0.1, 0.15) is 5.75 Å². The van der Waals surface area contributed by atoms with E-state index in [1.807, 2.05) is 60.0 Å². The summed E-state index contributed by atoms with van der Waals surface area (Å²) in [6.07, 6.45) is 1.94. The Balaban J connectivity index is 1.69. The molecular formula is C17H17ClO2S3. The fourth-order valence-electron chi connectivity index (χ4n) is 1.71. The SMILES string of the molecule is COc1ccc(S(=O)C/C=C/SSCc2ccc(Cl)cc2)cc1. The van der Waals surface area contributed by atoms with Crippen LogP contribution in [0.1, 0.15) is 5.56 Å². The number of benzene rings is 2. The lowest BCUT2D eigenvalue weighted by atomic mass is 10.2. The minimum Gasteiger partial charge on any atom is -0.497 e. The van der Waals surface area contributed by atoms with Crippen molar-refractivity contribution in [1.82, 2.24) is 0 Å². The van der Waals surface area contributed by atoms with E-state index in [1.54, 1.807) is 28.7 Å². The molecule has 1 unspecified atom stereocenters. The second-order valence-corrected chi connectivity index (χ2v) is 8.75. The lowest BCUT2D eigenvalue weighted by Crippen LogP contribution is -1.94. The van der Waals surface area contributed by atoms with E-state index < -0.39 is 10.8 Å². The first-order chi connectivity index (χ1) is 11.2. The summed E-state index contributed by atoms with van der Waals surface area (Å²) in [7, 11) is 3.98. The highest BCUT2D eigenvalue weighted by Crippen LogP contribution is 2.27. The molecule has 0 heterocycles. The van der Waals surface area contributed by atoms with Gasteiger partial charge in [-0.25, -0.2) is 0 Å². The van der Waals surface area contributed by atoms with Crippen LogP contribution in [0.25, 0.3) is 0 Å². The van der Waals surface area contributed by atoms with Gasteiger partial charge in [0, 0.05) is 21.4 Å². The fraction of sp³-hybridized carbons (Fsp3) is 0.176. The van der Waals surface area contributed by atoms with E-state index in [4.69, 9.17) is 16.3 Å². The summed E-state index contributed by atoms with van der Waals surface area (Å²) in [6.45, 7) is 0. The number of halogens is 1. The van der Waals surface area contributed by atoms with Crippen molar-refractivity contribution in [3.63, 3.8) is 0 Å². The zero-order chi connectivity index (χ0) is 16.5. The highest BCUT2D eigenvalue weighted by molar-refractivity contribution is 8.77. The van der Waals surface area contributed by atoms with Crippen LogP contribution in [0.4, 0.5) is 0 Å². The van der Waals surface area contributed by atoms with Crippen molar-refractivity contribution >= 4 is 44.0 Å². The molecule has 1 atom stereocenters. The van der Waals surface area contributed by atoms with E-state index in [2.05, 4.69) is 0 Å². The Morgan fingerprint density at radius 3 is 2.48 bits per heavy atom. The summed E-state index contributed by atoms with van der Waals surface area (Å²) in [5.74, 6) is 2.20. The molecule has 23 heavy (non-hydrogen) atoms. The van der Waals surface area contributed by atoms with Crippen LogP contribution in [-0.2, 0) is 16.6 Å². The Labute approximate surface area is 152 Å². The summed E-state index contributed by atoms with van der Waals surface area (Å²) in [5, 5.41) is 2.74. The highest BCUT2D eigenvalue weighted by Gasteiger charge is 2.01. The number of hydrogen-bond acceptors (Lipinski definition) is 4. The minimum atomic E-state index is -1.02. The maximum atomic E-state index is 12.1. The Morgan fingerprint density at radius 2 is 1.83 bits per heavy atom. The number of rotatable bonds is 8. The molecule has 122 valence electrons. The van der Waals surface area contributed by atoms with Crippen LogP contribution in [0.2, 0.25) is 5.02 Å². The lowest BCUT2D eigenvalue weighted by Gasteiger charge is -2.02. The molecule has 0 amide bonds. The molecule has 6 heteroatoms. The zero-order valence-corrected chi connectivity index (χ0v) is 15.8. The molecule has 0 aliphatic carbocycles. The van der Waals surface area contributed by atoms with Gasteiger partial charge in [-0.1, -0.05) is 51.4 Å². The third kappa shape index (κ3) is 6.63. The molecule has 0 bridgehead atoms. The monoisotopic (exact) mass is 384 g/mol. The summed E-state index contributed by atoms with van der Waals surface area (Å²) in [5.41, 5.74) is 1.24. The van der Waals surface area contributed by atoms with Crippen molar-refractivity contribution in [2.45, 2.75) is 10.6 Å². The molecule has 2 aromatic carbocycles. The lowest BCUT2D eigenvalue weighted by molar-refractivity contribution is 0.414. The fourth-order valence-corrected chi connectivity index (χ4v) is 4.60. The molecule has 0 radical (unpaired) electrons. The molecule has 0 saturated heterocycles. The maximum Gasteiger partial charge on any atom is 0.118 e. The van der Waals surface area contributed by atoms with Crippen molar-refractivity contribution in [2.75, 3.05) is 12.9 Å². The van der Waals surface area contributed by atoms with Gasteiger partial charge in [-0.05, 0) is 47.4 Å². The van der Waals surface area contributed by atoms with Crippen molar-refractivity contribution < 1.29 is 8.95 Å². The molecule has 2 aromatic rings. The Kier molecular flexibility index (Phi) is 8.09. The van der Waals surface area contributed by atoms with Crippen LogP contribution >= 0.6 is 33.2 Å². The minimum absolute atomic E-state index is 0.515. The van der Waals surface area contributed by atoms with Gasteiger partial charge in [0.25, 0.3) is 0 Å². The molecule has 0 aromatic heterocycles. The van der Waals surface area contributed by atoms with Gasteiger partial charge < -0.3 is 4.74 Å². The van der Waals surface area contributed by atoms with Gasteiger partial charge in [0.15, 0.2) is 0 Å². The summed E-state index contributed by atoms with van der Waals surface area (Å²) in [4.78, 5) is 0.814. The van der Waals surface area contributed by atoms with Gasteiger partial charge >= 0.3 is 0 Å². The molecule has 0 saturated carbocycles. The quantitative estimate of drug-likeness (QED) is 0.440. The van der Waals surface area contributed by atoms with Crippen LogP contribution in [0.15, 0.2) is 64.9 Å². The average molecular weight is 385 g/mol. The van der Waals surface area contributed by atoms with Crippen LogP contribution in [0.3, 0.4) is 0 Å². The second kappa shape index (κ2) is 10.1. The van der Waals surface area contributed by atoms with Crippen LogP contribution in [0, 0.1) is 0 Å². The predicted octanol–water partition coefficient (Wildman–Crippen LogP) is 5.55. The van der Waals surface area contributed by atoms with Crippen molar-refractivity contribution in [1.29, 1.82) is 0 Å². The zero-order valence-electron chi connectivity index (χ0n) is 12.6. The van der Waals surface area contributed by atoms with E-state index in [-0.39, 0.29) is 0 Å². The van der Waals surface area contributed by atoms with Gasteiger partial charge in [-0.15, -0.1) is 0 Å². The van der Waals surface area contributed by atoms with Crippen molar-refractivity contribution in [3.05, 3.63) is 70.6 Å². The normalized spacial score (nSPS) is 12.4. The first-order valence-electron chi connectivity index (χ1n) is 6.89. The highest BCUT2D eigenvalue weighted by atomic mass is 35.5. The number of hydrogen-bond donors (Lipinski definition) is 0. The largest absolute Gasteiger partial charge is 0.497 e. The maximum absolute atomic E-state index is 12.1. The molecule has 0 N–H and O–H groups in total. The van der Waals surface area contributed by atoms with Crippen LogP contribution in [-0.4, -0.2) is 17.1 Å². The topological polar surface area (TPSA) is 26.3 Å². The Bertz CT molecular complexity index is 655. The third-order valence-electron chi connectivity index (χ3n) is 2.93. The standard InChI is InChI=1S/C17H17ClO2S3/c1-20-16-7-9-17(10-8-16)23(19)12-2-11-21-22-13-14-3-5-15(18)6-4-14/h2-11H,12-13H2,1H3/b11-2+. The van der Waals surface area contributed by atoms with Gasteiger partial charge in [0.05, 0.1) is 17.9 Å². The van der Waals surface area contributed by atoms with Crippen LogP contribution in [0.5, 0.6) is 5.75 Å². The van der Waals surface area contributed by atoms with Crippen LogP contribution < -0.4 is 4.74 Å². The van der Waals surface area contributed by atoms with Crippen molar-refractivity contribution in [2.24, 2.45) is 0 Å². The predicted molar refractivity (Wildman–Crippen MR) is 104 cm³/mol.